The lowest BCUT2D eigenvalue weighted by Gasteiger charge is -2.10. The normalized spacial score (nSPS) is 10.2. The van der Waals surface area contributed by atoms with E-state index in [0.717, 1.165) is 18.7 Å². The molecule has 2 aromatic rings. The van der Waals surface area contributed by atoms with Crippen molar-refractivity contribution in [2.45, 2.75) is 19.8 Å². The predicted molar refractivity (Wildman–Crippen MR) is 73.4 cm³/mol. The number of hydrogen-bond acceptors (Lipinski definition) is 6. The molecule has 0 aliphatic rings. The zero-order valence-electron chi connectivity index (χ0n) is 11.3. The van der Waals surface area contributed by atoms with Crippen molar-refractivity contribution >= 4 is 11.6 Å². The first kappa shape index (κ1) is 14.0. The third-order valence-corrected chi connectivity index (χ3v) is 2.67. The number of amides is 1. The number of carbonyl (C=O) groups excluding carboxylic acids is 1. The molecule has 7 nitrogen and oxygen atoms in total. The molecule has 0 atom stereocenters. The first-order valence-corrected chi connectivity index (χ1v) is 6.52. The van der Waals surface area contributed by atoms with Gasteiger partial charge in [-0.1, -0.05) is 12.1 Å². The van der Waals surface area contributed by atoms with Gasteiger partial charge in [-0.05, 0) is 12.5 Å². The molecule has 2 N–H and O–H groups in total. The summed E-state index contributed by atoms with van der Waals surface area (Å²) < 4.78 is 4.63. The molecule has 0 aliphatic heterocycles. The van der Waals surface area contributed by atoms with Crippen LogP contribution in [0.3, 0.4) is 0 Å². The molecule has 0 radical (unpaired) electrons. The number of rotatable bonds is 7. The molecule has 0 aromatic carbocycles. The summed E-state index contributed by atoms with van der Waals surface area (Å²) in [6.45, 7) is 3.32. The number of nitrogens with zero attached hydrogens (tertiary/aromatic N) is 3. The predicted octanol–water partition coefficient (Wildman–Crippen LogP) is 1.26. The van der Waals surface area contributed by atoms with E-state index in [1.54, 1.807) is 18.5 Å². The Balaban J connectivity index is 1.91. The quantitative estimate of drug-likeness (QED) is 0.790. The molecule has 2 aromatic heterocycles. The van der Waals surface area contributed by atoms with Crippen molar-refractivity contribution in [2.24, 2.45) is 0 Å². The van der Waals surface area contributed by atoms with Gasteiger partial charge in [-0.2, -0.15) is 4.98 Å². The van der Waals surface area contributed by atoms with E-state index in [-0.39, 0.29) is 5.91 Å². The van der Waals surface area contributed by atoms with E-state index < -0.39 is 0 Å². The maximum atomic E-state index is 12.1. The van der Waals surface area contributed by atoms with Crippen LogP contribution in [0.2, 0.25) is 0 Å². The fraction of sp³-hybridized carbons (Fsp3) is 0.385. The van der Waals surface area contributed by atoms with Gasteiger partial charge in [-0.3, -0.25) is 9.78 Å². The van der Waals surface area contributed by atoms with Gasteiger partial charge in [-0.15, -0.1) is 0 Å². The van der Waals surface area contributed by atoms with Crippen molar-refractivity contribution in [3.63, 3.8) is 0 Å². The van der Waals surface area contributed by atoms with Crippen LogP contribution in [0.1, 0.15) is 29.5 Å². The molecular formula is C13H17N5O2. The molecule has 106 valence electrons. The molecule has 0 saturated carbocycles. The molecule has 0 aliphatic carbocycles. The minimum Gasteiger partial charge on any atom is -0.383 e. The number of pyridine rings is 1. The Morgan fingerprint density at radius 1 is 1.40 bits per heavy atom. The molecule has 0 saturated heterocycles. The van der Waals surface area contributed by atoms with Crippen LogP contribution in [-0.2, 0) is 6.42 Å². The largest absolute Gasteiger partial charge is 0.383 e. The SMILES string of the molecule is CCCNc1cnccc1C(=O)NCCc1ncon1. The monoisotopic (exact) mass is 275 g/mol. The lowest BCUT2D eigenvalue weighted by Crippen LogP contribution is -2.27. The molecule has 0 fully saturated rings. The number of carbonyl (C=O) groups is 1. The van der Waals surface area contributed by atoms with Crippen LogP contribution >= 0.6 is 0 Å². The van der Waals surface area contributed by atoms with Crippen molar-refractivity contribution < 1.29 is 9.32 Å². The highest BCUT2D eigenvalue weighted by atomic mass is 16.5. The van der Waals surface area contributed by atoms with E-state index in [1.807, 2.05) is 0 Å². The maximum Gasteiger partial charge on any atom is 0.253 e. The Hall–Kier alpha value is -2.44. The van der Waals surface area contributed by atoms with Crippen molar-refractivity contribution in [3.05, 3.63) is 36.2 Å². The molecule has 0 unspecified atom stereocenters. The topological polar surface area (TPSA) is 92.9 Å². The Kier molecular flexibility index (Phi) is 5.05. The van der Waals surface area contributed by atoms with E-state index in [0.29, 0.717) is 24.4 Å². The highest BCUT2D eigenvalue weighted by Gasteiger charge is 2.10. The van der Waals surface area contributed by atoms with Gasteiger partial charge in [0.2, 0.25) is 6.39 Å². The first-order chi connectivity index (χ1) is 9.81. The second-order valence-electron chi connectivity index (χ2n) is 4.20. The van der Waals surface area contributed by atoms with Gasteiger partial charge in [0.15, 0.2) is 5.82 Å². The van der Waals surface area contributed by atoms with Gasteiger partial charge in [-0.25, -0.2) is 0 Å². The van der Waals surface area contributed by atoms with Crippen LogP contribution in [0.25, 0.3) is 0 Å². The number of anilines is 1. The van der Waals surface area contributed by atoms with E-state index in [4.69, 9.17) is 0 Å². The molecule has 0 bridgehead atoms. The number of hydrogen-bond donors (Lipinski definition) is 2. The second kappa shape index (κ2) is 7.22. The van der Waals surface area contributed by atoms with Crippen LogP contribution in [0.15, 0.2) is 29.4 Å². The van der Waals surface area contributed by atoms with Gasteiger partial charge in [0, 0.05) is 25.7 Å². The van der Waals surface area contributed by atoms with Gasteiger partial charge in [0.25, 0.3) is 5.91 Å². The van der Waals surface area contributed by atoms with Gasteiger partial charge in [0.1, 0.15) is 0 Å². The zero-order valence-corrected chi connectivity index (χ0v) is 11.3. The maximum absolute atomic E-state index is 12.1. The zero-order chi connectivity index (χ0) is 14.2. The summed E-state index contributed by atoms with van der Waals surface area (Å²) in [6.07, 6.45) is 6.04. The molecule has 1 amide bonds. The van der Waals surface area contributed by atoms with Crippen LogP contribution in [0, 0.1) is 0 Å². The van der Waals surface area contributed by atoms with E-state index >= 15 is 0 Å². The third-order valence-electron chi connectivity index (χ3n) is 2.67. The highest BCUT2D eigenvalue weighted by molar-refractivity contribution is 5.99. The summed E-state index contributed by atoms with van der Waals surface area (Å²) in [5, 5.41) is 9.69. The summed E-state index contributed by atoms with van der Waals surface area (Å²) in [6, 6.07) is 1.70. The number of nitrogens with one attached hydrogen (secondary N) is 2. The lowest BCUT2D eigenvalue weighted by atomic mass is 10.2. The van der Waals surface area contributed by atoms with Gasteiger partial charge < -0.3 is 15.2 Å². The minimum absolute atomic E-state index is 0.144. The van der Waals surface area contributed by atoms with Crippen molar-refractivity contribution in [2.75, 3.05) is 18.4 Å². The molecule has 7 heteroatoms. The van der Waals surface area contributed by atoms with Crippen LogP contribution < -0.4 is 10.6 Å². The van der Waals surface area contributed by atoms with Crippen molar-refractivity contribution in [3.8, 4) is 0 Å². The summed E-state index contributed by atoms with van der Waals surface area (Å²) in [5.41, 5.74) is 1.33. The number of aromatic nitrogens is 3. The second-order valence-corrected chi connectivity index (χ2v) is 4.20. The van der Waals surface area contributed by atoms with E-state index in [1.165, 1.54) is 6.39 Å². The van der Waals surface area contributed by atoms with Crippen LogP contribution in [-0.4, -0.2) is 34.1 Å². The summed E-state index contributed by atoms with van der Waals surface area (Å²) in [7, 11) is 0. The summed E-state index contributed by atoms with van der Waals surface area (Å²) >= 11 is 0. The Morgan fingerprint density at radius 2 is 2.30 bits per heavy atom. The molecule has 2 rings (SSSR count). The smallest absolute Gasteiger partial charge is 0.253 e. The van der Waals surface area contributed by atoms with Gasteiger partial charge >= 0.3 is 0 Å². The third kappa shape index (κ3) is 3.78. The average molecular weight is 275 g/mol. The van der Waals surface area contributed by atoms with Gasteiger partial charge in [0.05, 0.1) is 17.4 Å². The summed E-state index contributed by atoms with van der Waals surface area (Å²) in [5.74, 6) is 0.429. The molecule has 2 heterocycles. The summed E-state index contributed by atoms with van der Waals surface area (Å²) in [4.78, 5) is 20.0. The highest BCUT2D eigenvalue weighted by Crippen LogP contribution is 2.13. The standard InChI is InChI=1S/C13H17N5O2/c1-2-5-15-11-8-14-6-3-10(11)13(19)16-7-4-12-17-9-20-18-12/h3,6,8-9,15H,2,4-5,7H2,1H3,(H,16,19). The molecule has 20 heavy (non-hydrogen) atoms. The van der Waals surface area contributed by atoms with E-state index in [2.05, 4.69) is 37.2 Å². The average Bonchev–Trinajstić information content (AvgIpc) is 2.98. The minimum atomic E-state index is -0.144. The van der Waals surface area contributed by atoms with Crippen molar-refractivity contribution in [1.82, 2.24) is 20.4 Å². The first-order valence-electron chi connectivity index (χ1n) is 6.52. The lowest BCUT2D eigenvalue weighted by molar-refractivity contribution is 0.0954. The fourth-order valence-corrected chi connectivity index (χ4v) is 1.68. The molecular weight excluding hydrogens is 258 g/mol. The Labute approximate surface area is 116 Å². The Morgan fingerprint density at radius 3 is 3.05 bits per heavy atom. The molecule has 0 spiro atoms. The van der Waals surface area contributed by atoms with Crippen molar-refractivity contribution in [1.29, 1.82) is 0 Å². The fourth-order valence-electron chi connectivity index (χ4n) is 1.68. The Bertz CT molecular complexity index is 541. The van der Waals surface area contributed by atoms with Crippen LogP contribution in [0.4, 0.5) is 5.69 Å². The van der Waals surface area contributed by atoms with Crippen LogP contribution in [0.5, 0.6) is 0 Å². The van der Waals surface area contributed by atoms with E-state index in [9.17, 15) is 4.79 Å².